The van der Waals surface area contributed by atoms with Crippen LogP contribution in [0.2, 0.25) is 0 Å². The Balaban J connectivity index is 0.000000313. The number of benzene rings is 2. The van der Waals surface area contributed by atoms with E-state index >= 15 is 0 Å². The van der Waals surface area contributed by atoms with Crippen LogP contribution >= 0.6 is 0 Å². The molecule has 2 saturated heterocycles. The highest BCUT2D eigenvalue weighted by Crippen LogP contribution is 2.40. The monoisotopic (exact) mass is 634 g/mol. The highest BCUT2D eigenvalue weighted by molar-refractivity contribution is 7.89. The minimum Gasteiger partial charge on any atom is -0.358 e. The van der Waals surface area contributed by atoms with Gasteiger partial charge in [-0.05, 0) is 115 Å². The van der Waals surface area contributed by atoms with Gasteiger partial charge in [-0.2, -0.15) is 8.61 Å². The molecule has 0 amide bonds. The van der Waals surface area contributed by atoms with E-state index in [9.17, 15) is 16.8 Å². The number of sulfonamides is 2. The van der Waals surface area contributed by atoms with Crippen LogP contribution in [0.15, 0.2) is 58.3 Å². The van der Waals surface area contributed by atoms with E-state index in [4.69, 9.17) is 11.2 Å². The van der Waals surface area contributed by atoms with Crippen molar-refractivity contribution in [2.75, 3.05) is 26.2 Å². The van der Waals surface area contributed by atoms with Gasteiger partial charge in [0, 0.05) is 32.5 Å². The molecule has 2 fully saturated rings. The highest BCUT2D eigenvalue weighted by Gasteiger charge is 2.52. The summed E-state index contributed by atoms with van der Waals surface area (Å²) in [6, 6.07) is 13.8. The number of aryl methyl sites for hydroxylation is 2. The van der Waals surface area contributed by atoms with E-state index in [1.807, 2.05) is 0 Å². The predicted octanol–water partition coefficient (Wildman–Crippen LogP) is 3.17. The maximum absolute atomic E-state index is 13.4. The van der Waals surface area contributed by atoms with Crippen molar-refractivity contribution in [1.82, 2.24) is 8.61 Å². The second kappa shape index (κ2) is 16.3. The summed E-state index contributed by atoms with van der Waals surface area (Å²) in [6.07, 6.45) is 5.46. The van der Waals surface area contributed by atoms with Crippen molar-refractivity contribution in [3.05, 3.63) is 59.7 Å². The van der Waals surface area contributed by atoms with Crippen molar-refractivity contribution in [3.8, 4) is 83.4 Å². The maximum Gasteiger partial charge on any atom is 0.245 e. The second-order valence-electron chi connectivity index (χ2n) is 9.58. The van der Waals surface area contributed by atoms with E-state index in [1.165, 1.54) is 8.61 Å². The van der Waals surface area contributed by atoms with Gasteiger partial charge in [-0.1, -0.05) is 42.3 Å². The third kappa shape index (κ3) is 8.84. The van der Waals surface area contributed by atoms with Gasteiger partial charge in [-0.25, -0.2) is 16.8 Å². The van der Waals surface area contributed by atoms with Crippen molar-refractivity contribution in [2.24, 2.45) is 0 Å². The fourth-order valence-electron chi connectivity index (χ4n) is 4.73. The number of hydrogen-bond donors (Lipinski definition) is 0. The molecule has 2 aromatic rings. The molecular formula is C36H30N2O5S2. The third-order valence-electron chi connectivity index (χ3n) is 6.82. The number of rotatable bonds is 4. The van der Waals surface area contributed by atoms with E-state index in [-0.39, 0.29) is 29.4 Å². The minimum atomic E-state index is -3.75. The SMILES string of the molecule is C#CC#CC#CC#CC#CC#CC#CC.Cc1ccccc1S(=O)(=O)N1CCC2(CC1)OCCN2S(=O)(=O)c1ccccc1C. The first kappa shape index (κ1) is 34.6. The van der Waals surface area contributed by atoms with Crippen molar-refractivity contribution < 1.29 is 21.6 Å². The molecule has 0 unspecified atom stereocenters. The van der Waals surface area contributed by atoms with Gasteiger partial charge in [0.2, 0.25) is 20.0 Å². The van der Waals surface area contributed by atoms with E-state index < -0.39 is 25.8 Å². The Morgan fingerprint density at radius 1 is 0.667 bits per heavy atom. The molecule has 7 nitrogen and oxygen atoms in total. The summed E-state index contributed by atoms with van der Waals surface area (Å²) in [4.78, 5) is 0.558. The molecule has 2 aliphatic heterocycles. The first-order valence-electron chi connectivity index (χ1n) is 13.8. The normalized spacial score (nSPS) is 15.0. The van der Waals surface area contributed by atoms with Crippen LogP contribution in [0.25, 0.3) is 0 Å². The zero-order valence-electron chi connectivity index (χ0n) is 25.2. The molecule has 2 heterocycles. The molecule has 0 N–H and O–H groups in total. The summed E-state index contributed by atoms with van der Waals surface area (Å²) in [5, 5.41) is 0. The van der Waals surface area contributed by atoms with Crippen molar-refractivity contribution >= 4 is 20.0 Å². The molecule has 0 saturated carbocycles. The molecule has 2 aliphatic rings. The first-order chi connectivity index (χ1) is 21.6. The number of ether oxygens (including phenoxy) is 1. The van der Waals surface area contributed by atoms with E-state index in [1.54, 1.807) is 69.3 Å². The highest BCUT2D eigenvalue weighted by atomic mass is 32.2. The van der Waals surface area contributed by atoms with Gasteiger partial charge in [0.15, 0.2) is 0 Å². The lowest BCUT2D eigenvalue weighted by atomic mass is 10.0. The van der Waals surface area contributed by atoms with Crippen molar-refractivity contribution in [2.45, 2.75) is 49.1 Å². The Morgan fingerprint density at radius 3 is 1.58 bits per heavy atom. The van der Waals surface area contributed by atoms with Gasteiger partial charge >= 0.3 is 0 Å². The van der Waals surface area contributed by atoms with Gasteiger partial charge in [0.1, 0.15) is 5.72 Å². The molecule has 2 aromatic carbocycles. The van der Waals surface area contributed by atoms with E-state index in [0.29, 0.717) is 30.6 Å². The van der Waals surface area contributed by atoms with Crippen LogP contribution in [0, 0.1) is 97.2 Å². The van der Waals surface area contributed by atoms with Gasteiger partial charge in [-0.3, -0.25) is 0 Å². The molecule has 0 aliphatic carbocycles. The Labute approximate surface area is 267 Å². The standard InChI is InChI=1S/C21H26N2O5S2.C15H4/c1-17-7-3-5-9-19(17)29(24,25)22-13-11-21(12-14-22)23(15-16-28-21)30(26,27)20-10-6-4-8-18(20)2;1-3-5-7-9-11-13-15-14-12-10-8-6-4-2/h3-10H,11-16H2,1-2H3;1H,2H3. The Morgan fingerprint density at radius 2 is 1.11 bits per heavy atom. The molecule has 226 valence electrons. The summed E-state index contributed by atoms with van der Waals surface area (Å²) >= 11 is 0. The molecule has 1 spiro atoms. The number of hydrogen-bond acceptors (Lipinski definition) is 5. The van der Waals surface area contributed by atoms with Gasteiger partial charge in [0.25, 0.3) is 0 Å². The summed E-state index contributed by atoms with van der Waals surface area (Å²) in [5.41, 5.74) is 0.372. The van der Waals surface area contributed by atoms with Crippen LogP contribution in [0.3, 0.4) is 0 Å². The van der Waals surface area contributed by atoms with Crippen LogP contribution in [0.1, 0.15) is 30.9 Å². The fourth-order valence-corrected chi connectivity index (χ4v) is 8.35. The quantitative estimate of drug-likeness (QED) is 0.483. The first-order valence-corrected chi connectivity index (χ1v) is 16.6. The van der Waals surface area contributed by atoms with Gasteiger partial charge < -0.3 is 4.74 Å². The molecule has 4 rings (SSSR count). The molecule has 9 heteroatoms. The topological polar surface area (TPSA) is 84.0 Å². The van der Waals surface area contributed by atoms with Crippen LogP contribution in [-0.2, 0) is 24.8 Å². The molecule has 0 atom stereocenters. The lowest BCUT2D eigenvalue weighted by Crippen LogP contribution is -2.55. The lowest BCUT2D eigenvalue weighted by molar-refractivity contribution is -0.0806. The number of nitrogens with zero attached hydrogens (tertiary/aromatic N) is 2. The summed E-state index contributed by atoms with van der Waals surface area (Å²) < 4.78 is 61.8. The predicted molar refractivity (Wildman–Crippen MR) is 174 cm³/mol. The smallest absolute Gasteiger partial charge is 0.245 e. The van der Waals surface area contributed by atoms with Crippen LogP contribution < -0.4 is 0 Å². The minimum absolute atomic E-state index is 0.205. The van der Waals surface area contributed by atoms with Gasteiger partial charge in [0.05, 0.1) is 16.4 Å². The average molecular weight is 635 g/mol. The van der Waals surface area contributed by atoms with E-state index in [2.05, 4.69) is 77.0 Å². The molecule has 45 heavy (non-hydrogen) atoms. The number of piperidine rings is 1. The largest absolute Gasteiger partial charge is 0.358 e. The number of terminal acetylenes is 1. The fraction of sp³-hybridized carbons (Fsp3) is 0.278. The Hall–Kier alpha value is -4.86. The molecular weight excluding hydrogens is 605 g/mol. The van der Waals surface area contributed by atoms with Crippen molar-refractivity contribution in [1.29, 1.82) is 0 Å². The Bertz CT molecular complexity index is 2070. The zero-order valence-corrected chi connectivity index (χ0v) is 26.8. The molecule has 0 radical (unpaired) electrons. The average Bonchev–Trinajstić information content (AvgIpc) is 3.44. The zero-order chi connectivity index (χ0) is 32.8. The maximum atomic E-state index is 13.4. The summed E-state index contributed by atoms with van der Waals surface area (Å²) in [6.45, 7) is 6.22. The van der Waals surface area contributed by atoms with Crippen LogP contribution in [-0.4, -0.2) is 57.4 Å². The van der Waals surface area contributed by atoms with E-state index in [0.717, 1.165) is 0 Å². The molecule has 0 bridgehead atoms. The third-order valence-corrected chi connectivity index (χ3v) is 11.0. The molecule has 0 aromatic heterocycles. The van der Waals surface area contributed by atoms with Crippen molar-refractivity contribution in [3.63, 3.8) is 0 Å². The Kier molecular flexibility index (Phi) is 12.5. The summed E-state index contributed by atoms with van der Waals surface area (Å²) in [7, 11) is -7.39. The van der Waals surface area contributed by atoms with Gasteiger partial charge in [-0.15, -0.1) is 6.42 Å². The van der Waals surface area contributed by atoms with Crippen LogP contribution in [0.5, 0.6) is 0 Å². The lowest BCUT2D eigenvalue weighted by Gasteiger charge is -2.42. The second-order valence-corrected chi connectivity index (χ2v) is 13.3. The van der Waals surface area contributed by atoms with Crippen LogP contribution in [0.4, 0.5) is 0 Å². The summed E-state index contributed by atoms with van der Waals surface area (Å²) in [5.74, 6) is 31.9.